The maximum Gasteiger partial charge on any atom is 0.103 e. The molecule has 1 aromatic heterocycles. The van der Waals surface area contributed by atoms with Crippen molar-refractivity contribution in [1.82, 2.24) is 9.78 Å². The van der Waals surface area contributed by atoms with Gasteiger partial charge in [0.2, 0.25) is 0 Å². The quantitative estimate of drug-likeness (QED) is 0.437. The third kappa shape index (κ3) is 3.74. The van der Waals surface area contributed by atoms with Crippen LogP contribution in [0.25, 0.3) is 16.9 Å². The fourth-order valence-corrected chi connectivity index (χ4v) is 2.69. The van der Waals surface area contributed by atoms with E-state index in [0.717, 1.165) is 41.9 Å². The molecule has 3 rings (SSSR count). The zero-order valence-electron chi connectivity index (χ0n) is 13.7. The van der Waals surface area contributed by atoms with Gasteiger partial charge in [-0.2, -0.15) is 5.10 Å². The third-order valence-electron chi connectivity index (χ3n) is 3.76. The Bertz CT molecular complexity index is 822. The van der Waals surface area contributed by atoms with E-state index in [4.69, 9.17) is 16.7 Å². The van der Waals surface area contributed by atoms with E-state index in [2.05, 4.69) is 11.9 Å². The summed E-state index contributed by atoms with van der Waals surface area (Å²) in [6.07, 6.45) is 6.13. The van der Waals surface area contributed by atoms with Gasteiger partial charge >= 0.3 is 0 Å². The van der Waals surface area contributed by atoms with Crippen molar-refractivity contribution in [3.63, 3.8) is 0 Å². The van der Waals surface area contributed by atoms with Gasteiger partial charge in [0, 0.05) is 30.1 Å². The predicted octanol–water partition coefficient (Wildman–Crippen LogP) is 5.41. The van der Waals surface area contributed by atoms with Crippen LogP contribution < -0.4 is 0 Å². The molecule has 0 aliphatic heterocycles. The van der Waals surface area contributed by atoms with Crippen molar-refractivity contribution in [1.29, 1.82) is 0 Å². The number of hydrogen-bond acceptors (Lipinski definition) is 2. The Morgan fingerprint density at radius 3 is 2.58 bits per heavy atom. The molecule has 122 valence electrons. The Kier molecular flexibility index (Phi) is 5.44. The van der Waals surface area contributed by atoms with Crippen LogP contribution in [0.3, 0.4) is 0 Å². The summed E-state index contributed by atoms with van der Waals surface area (Å²) >= 11 is 6.38. The highest BCUT2D eigenvalue weighted by atomic mass is 35.5. The van der Waals surface area contributed by atoms with Gasteiger partial charge in [-0.25, -0.2) is 4.68 Å². The number of benzene rings is 2. The minimum absolute atomic E-state index is 0.694. The number of rotatable bonds is 6. The van der Waals surface area contributed by atoms with E-state index in [1.54, 1.807) is 0 Å². The molecule has 0 aliphatic carbocycles. The fraction of sp³-hybridized carbons (Fsp3) is 0.200. The summed E-state index contributed by atoms with van der Waals surface area (Å²) in [6, 6.07) is 17.8. The molecule has 0 atom stereocenters. The van der Waals surface area contributed by atoms with Crippen LogP contribution in [-0.2, 0) is 0 Å². The van der Waals surface area contributed by atoms with Crippen molar-refractivity contribution < 1.29 is 0 Å². The van der Waals surface area contributed by atoms with Crippen molar-refractivity contribution >= 4 is 17.8 Å². The Morgan fingerprint density at radius 1 is 1.08 bits per heavy atom. The van der Waals surface area contributed by atoms with Gasteiger partial charge in [0.15, 0.2) is 0 Å². The Morgan fingerprint density at radius 2 is 1.83 bits per heavy atom. The zero-order valence-corrected chi connectivity index (χ0v) is 14.4. The Labute approximate surface area is 147 Å². The lowest BCUT2D eigenvalue weighted by Crippen LogP contribution is -1.94. The highest BCUT2D eigenvalue weighted by Gasteiger charge is 2.13. The second-order valence-electron chi connectivity index (χ2n) is 5.58. The Balaban J connectivity index is 2.03. The molecule has 0 amide bonds. The van der Waals surface area contributed by atoms with Crippen molar-refractivity contribution in [2.24, 2.45) is 4.99 Å². The zero-order chi connectivity index (χ0) is 16.8. The number of aromatic nitrogens is 2. The van der Waals surface area contributed by atoms with Crippen LogP contribution in [0, 0.1) is 0 Å². The minimum Gasteiger partial charge on any atom is -0.292 e. The van der Waals surface area contributed by atoms with E-state index in [1.807, 2.05) is 71.7 Å². The molecule has 0 aliphatic rings. The first-order valence-electron chi connectivity index (χ1n) is 8.19. The monoisotopic (exact) mass is 337 g/mol. The van der Waals surface area contributed by atoms with Crippen LogP contribution in [0.15, 0.2) is 65.8 Å². The lowest BCUT2D eigenvalue weighted by Gasteiger charge is -2.02. The molecular formula is C20H20ClN3. The predicted molar refractivity (Wildman–Crippen MR) is 101 cm³/mol. The minimum atomic E-state index is 0.694. The third-order valence-corrected chi connectivity index (χ3v) is 4.09. The average molecular weight is 338 g/mol. The standard InChI is InChI=1S/C20H20ClN3/c1-2-3-13-22-14-16-15-24(17-9-5-4-6-10-17)23-20(16)18-11-7-8-12-19(18)21/h4-12,14-15H,2-3,13H2,1H3. The Hall–Kier alpha value is -2.39. The SMILES string of the molecule is CCCCN=Cc1cn(-c2ccccc2)nc1-c1ccccc1Cl. The molecule has 4 heteroatoms. The summed E-state index contributed by atoms with van der Waals surface area (Å²) in [7, 11) is 0. The topological polar surface area (TPSA) is 30.2 Å². The molecule has 0 unspecified atom stereocenters. The van der Waals surface area contributed by atoms with Crippen LogP contribution in [0.2, 0.25) is 5.02 Å². The molecule has 3 aromatic rings. The lowest BCUT2D eigenvalue weighted by atomic mass is 10.1. The van der Waals surface area contributed by atoms with Crippen LogP contribution >= 0.6 is 11.6 Å². The van der Waals surface area contributed by atoms with E-state index in [1.165, 1.54) is 0 Å². The van der Waals surface area contributed by atoms with E-state index in [9.17, 15) is 0 Å². The van der Waals surface area contributed by atoms with Crippen molar-refractivity contribution in [2.45, 2.75) is 19.8 Å². The lowest BCUT2D eigenvalue weighted by molar-refractivity contribution is 0.810. The van der Waals surface area contributed by atoms with Gasteiger partial charge in [0.1, 0.15) is 5.69 Å². The fourth-order valence-electron chi connectivity index (χ4n) is 2.47. The normalized spacial score (nSPS) is 11.2. The smallest absolute Gasteiger partial charge is 0.103 e. The molecule has 0 N–H and O–H groups in total. The van der Waals surface area contributed by atoms with Gasteiger partial charge in [0.05, 0.1) is 10.7 Å². The van der Waals surface area contributed by atoms with Gasteiger partial charge in [-0.1, -0.05) is 61.3 Å². The van der Waals surface area contributed by atoms with E-state index >= 15 is 0 Å². The number of hydrogen-bond donors (Lipinski definition) is 0. The molecule has 0 radical (unpaired) electrons. The van der Waals surface area contributed by atoms with Gasteiger partial charge < -0.3 is 0 Å². The maximum atomic E-state index is 6.38. The van der Waals surface area contributed by atoms with Crippen molar-refractivity contribution in [3.8, 4) is 16.9 Å². The van der Waals surface area contributed by atoms with E-state index in [0.29, 0.717) is 5.02 Å². The van der Waals surface area contributed by atoms with Crippen LogP contribution in [0.4, 0.5) is 0 Å². The maximum absolute atomic E-state index is 6.38. The molecule has 2 aromatic carbocycles. The molecule has 24 heavy (non-hydrogen) atoms. The number of para-hydroxylation sites is 1. The van der Waals surface area contributed by atoms with Crippen LogP contribution in [0.5, 0.6) is 0 Å². The van der Waals surface area contributed by atoms with Gasteiger partial charge in [-0.15, -0.1) is 0 Å². The first-order valence-corrected chi connectivity index (χ1v) is 8.57. The largest absolute Gasteiger partial charge is 0.292 e. The second kappa shape index (κ2) is 7.93. The summed E-state index contributed by atoms with van der Waals surface area (Å²) in [5.74, 6) is 0. The molecule has 0 saturated heterocycles. The van der Waals surface area contributed by atoms with Crippen molar-refractivity contribution in [2.75, 3.05) is 6.54 Å². The van der Waals surface area contributed by atoms with E-state index in [-0.39, 0.29) is 0 Å². The molecule has 1 heterocycles. The van der Waals surface area contributed by atoms with E-state index < -0.39 is 0 Å². The highest BCUT2D eigenvalue weighted by Crippen LogP contribution is 2.29. The van der Waals surface area contributed by atoms with Gasteiger partial charge in [-0.05, 0) is 24.6 Å². The molecule has 0 bridgehead atoms. The number of unbranched alkanes of at least 4 members (excludes halogenated alkanes) is 1. The number of nitrogens with zero attached hydrogens (tertiary/aromatic N) is 3. The molecule has 0 saturated carbocycles. The average Bonchev–Trinajstić information content (AvgIpc) is 3.04. The summed E-state index contributed by atoms with van der Waals surface area (Å²) in [6.45, 7) is 2.99. The number of aliphatic imine (C=N–C) groups is 1. The molecule has 0 spiro atoms. The molecule has 3 nitrogen and oxygen atoms in total. The molecular weight excluding hydrogens is 318 g/mol. The summed E-state index contributed by atoms with van der Waals surface area (Å²) in [5, 5.41) is 5.44. The molecule has 0 fully saturated rings. The summed E-state index contributed by atoms with van der Waals surface area (Å²) in [4.78, 5) is 4.53. The van der Waals surface area contributed by atoms with Gasteiger partial charge in [-0.3, -0.25) is 4.99 Å². The first-order chi connectivity index (χ1) is 11.8. The second-order valence-corrected chi connectivity index (χ2v) is 5.99. The first kappa shape index (κ1) is 16.5. The van der Waals surface area contributed by atoms with Crippen LogP contribution in [-0.4, -0.2) is 22.5 Å². The highest BCUT2D eigenvalue weighted by molar-refractivity contribution is 6.33. The van der Waals surface area contributed by atoms with Crippen LogP contribution in [0.1, 0.15) is 25.3 Å². The summed E-state index contributed by atoms with van der Waals surface area (Å²) in [5.41, 5.74) is 3.76. The summed E-state index contributed by atoms with van der Waals surface area (Å²) < 4.78 is 1.87. The number of halogens is 1. The van der Waals surface area contributed by atoms with Gasteiger partial charge in [0.25, 0.3) is 0 Å². The van der Waals surface area contributed by atoms with Crippen molar-refractivity contribution in [3.05, 3.63) is 71.4 Å².